The van der Waals surface area contributed by atoms with Crippen molar-refractivity contribution in [2.75, 3.05) is 7.05 Å². The Balaban J connectivity index is 0.00000608. The molecule has 351 valence electrons. The molecule has 70 heavy (non-hydrogen) atoms. The summed E-state index contributed by atoms with van der Waals surface area (Å²) >= 11 is 0. The van der Waals surface area contributed by atoms with Crippen LogP contribution in [0.3, 0.4) is 0 Å². The molecule has 0 amide bonds. The molecule has 1 radical (unpaired) electrons. The number of imidazole rings is 1. The SMILES string of the molecule is CN1C=C[N-]C1c1[c-]cc(CCc2cc(CCc3c[c-]c(-c4nccn4C)cc3)cc(-c3ccccc3-c3cnc(-c4[c-]ccc(-c5ccc(-c6ccccc6)cc5)c4)cc3CC(C)(C)C)c2)cc1.[Ir]. The molecule has 0 saturated heterocycles. The molecular formula is C64H57IrN5-4. The monoisotopic (exact) mass is 1090 g/mol. The molecule has 2 aromatic heterocycles. The van der Waals surface area contributed by atoms with E-state index in [1.165, 1.54) is 61.2 Å². The van der Waals surface area contributed by atoms with E-state index in [-0.39, 0.29) is 31.7 Å². The van der Waals surface area contributed by atoms with Crippen molar-refractivity contribution in [1.82, 2.24) is 19.4 Å². The summed E-state index contributed by atoms with van der Waals surface area (Å²) in [5, 5.41) is 4.61. The summed E-state index contributed by atoms with van der Waals surface area (Å²) in [6.07, 6.45) is 14.3. The molecule has 6 heteroatoms. The van der Waals surface area contributed by atoms with Crippen LogP contribution in [0.15, 0.2) is 189 Å². The average molecular weight is 1090 g/mol. The van der Waals surface area contributed by atoms with E-state index < -0.39 is 0 Å². The van der Waals surface area contributed by atoms with Crippen LogP contribution in [-0.4, -0.2) is 26.5 Å². The number of rotatable bonds is 14. The molecule has 0 bridgehead atoms. The van der Waals surface area contributed by atoms with E-state index in [2.05, 4.69) is 219 Å². The number of aromatic nitrogens is 3. The summed E-state index contributed by atoms with van der Waals surface area (Å²) in [5.41, 5.74) is 20.0. The Hall–Kier alpha value is -7.11. The Morgan fingerprint density at radius 1 is 0.571 bits per heavy atom. The van der Waals surface area contributed by atoms with E-state index in [1.807, 2.05) is 42.5 Å². The minimum Gasteiger partial charge on any atom is -0.668 e. The second kappa shape index (κ2) is 21.3. The summed E-state index contributed by atoms with van der Waals surface area (Å²) in [6, 6.07) is 67.8. The predicted octanol–water partition coefficient (Wildman–Crippen LogP) is 15.2. The van der Waals surface area contributed by atoms with E-state index >= 15 is 0 Å². The van der Waals surface area contributed by atoms with E-state index in [0.29, 0.717) is 0 Å². The fourth-order valence-corrected chi connectivity index (χ4v) is 9.51. The van der Waals surface area contributed by atoms with Gasteiger partial charge in [0.25, 0.3) is 0 Å². The Labute approximate surface area is 428 Å². The van der Waals surface area contributed by atoms with Gasteiger partial charge in [0.05, 0.1) is 5.82 Å². The van der Waals surface area contributed by atoms with Crippen molar-refractivity contribution in [3.8, 4) is 67.2 Å². The molecule has 1 aliphatic heterocycles. The largest absolute Gasteiger partial charge is 0.668 e. The Bertz CT molecular complexity index is 3220. The third-order valence-corrected chi connectivity index (χ3v) is 13.1. The van der Waals surface area contributed by atoms with Crippen LogP contribution in [0.4, 0.5) is 0 Å². The second-order valence-electron chi connectivity index (χ2n) is 19.6. The van der Waals surface area contributed by atoms with Crippen LogP contribution in [0.2, 0.25) is 0 Å². The topological polar surface area (TPSA) is 48.1 Å². The maximum atomic E-state index is 5.21. The molecule has 0 N–H and O–H groups in total. The van der Waals surface area contributed by atoms with E-state index in [9.17, 15) is 0 Å². The van der Waals surface area contributed by atoms with Gasteiger partial charge in [0.1, 0.15) is 0 Å². The Morgan fingerprint density at radius 2 is 1.23 bits per heavy atom. The van der Waals surface area contributed by atoms with Crippen molar-refractivity contribution in [3.63, 3.8) is 0 Å². The van der Waals surface area contributed by atoms with Crippen LogP contribution in [0.25, 0.3) is 72.5 Å². The van der Waals surface area contributed by atoms with Gasteiger partial charge in [-0.2, -0.15) is 41.6 Å². The number of pyridine rings is 1. The Morgan fingerprint density at radius 3 is 1.86 bits per heavy atom. The Kier molecular flexibility index (Phi) is 14.6. The minimum absolute atomic E-state index is 0. The van der Waals surface area contributed by atoms with E-state index in [4.69, 9.17) is 4.98 Å². The summed E-state index contributed by atoms with van der Waals surface area (Å²) in [6.45, 7) is 6.96. The molecular weight excluding hydrogens is 1030 g/mol. The van der Waals surface area contributed by atoms with E-state index in [1.54, 1.807) is 0 Å². The first-order valence-electron chi connectivity index (χ1n) is 24.1. The van der Waals surface area contributed by atoms with Gasteiger partial charge in [0.15, 0.2) is 0 Å². The normalized spacial score (nSPS) is 13.3. The predicted molar refractivity (Wildman–Crippen MR) is 284 cm³/mol. The van der Waals surface area contributed by atoms with Gasteiger partial charge in [-0.1, -0.05) is 137 Å². The van der Waals surface area contributed by atoms with Crippen molar-refractivity contribution in [1.29, 1.82) is 0 Å². The van der Waals surface area contributed by atoms with Crippen molar-refractivity contribution in [2.24, 2.45) is 12.5 Å². The zero-order valence-electron chi connectivity index (χ0n) is 40.6. The number of aryl methyl sites for hydroxylation is 5. The van der Waals surface area contributed by atoms with Crippen LogP contribution < -0.4 is 0 Å². The molecule has 0 spiro atoms. The smallest absolute Gasteiger partial charge is 0.0555 e. The van der Waals surface area contributed by atoms with Crippen LogP contribution in [0.1, 0.15) is 60.3 Å². The fraction of sp³-hybridized carbons (Fsp3) is 0.188. The van der Waals surface area contributed by atoms with Crippen molar-refractivity contribution < 1.29 is 20.1 Å². The molecule has 1 unspecified atom stereocenters. The third kappa shape index (κ3) is 11.2. The number of hydrogen-bond acceptors (Lipinski definition) is 3. The number of hydrogen-bond donors (Lipinski definition) is 0. The van der Waals surface area contributed by atoms with Gasteiger partial charge in [0, 0.05) is 58.4 Å². The minimum atomic E-state index is -0.00362. The summed E-state index contributed by atoms with van der Waals surface area (Å²) in [4.78, 5) is 11.9. The van der Waals surface area contributed by atoms with Crippen LogP contribution in [-0.2, 0) is 59.3 Å². The van der Waals surface area contributed by atoms with Gasteiger partial charge in [-0.25, -0.2) is 0 Å². The summed E-state index contributed by atoms with van der Waals surface area (Å²) < 4.78 is 2.03. The van der Waals surface area contributed by atoms with Gasteiger partial charge in [-0.15, -0.1) is 70.8 Å². The van der Waals surface area contributed by atoms with Gasteiger partial charge < -0.3 is 19.8 Å². The standard InChI is InChI=1S/C64H57N5.Ir/c1-64(2,3)43-57-42-61(55-15-11-14-54(41-55)51-32-30-50(31-33-51)49-12-7-6-8-13-49)67-44-60(57)59-17-10-9-16-58(59)56-39-47(20-18-45-22-26-52(27-23-45)62-65-34-36-68(62)4)38-48(40-56)21-19-46-24-28-53(29-25-46)63-66-35-37-69(63)5;/h6-14,16-17,22-26,28,30-42,44,62H,18-21,43H2,1-5H3;/q-4;. The molecule has 3 heterocycles. The fourth-order valence-electron chi connectivity index (χ4n) is 9.51. The second-order valence-corrected chi connectivity index (χ2v) is 19.6. The quantitative estimate of drug-likeness (QED) is 0.102. The first kappa shape index (κ1) is 47.9. The third-order valence-electron chi connectivity index (χ3n) is 13.1. The number of benzene rings is 7. The first-order chi connectivity index (χ1) is 33.6. The van der Waals surface area contributed by atoms with Crippen LogP contribution >= 0.6 is 0 Å². The van der Waals surface area contributed by atoms with Crippen molar-refractivity contribution in [2.45, 2.75) is 59.0 Å². The molecule has 1 aliphatic rings. The average Bonchev–Trinajstić information content (AvgIpc) is 4.02. The molecule has 10 rings (SSSR count). The zero-order chi connectivity index (χ0) is 47.3. The van der Waals surface area contributed by atoms with Gasteiger partial charge >= 0.3 is 0 Å². The van der Waals surface area contributed by atoms with Crippen molar-refractivity contribution >= 4 is 0 Å². The molecule has 0 saturated carbocycles. The van der Waals surface area contributed by atoms with Gasteiger partial charge in [-0.3, -0.25) is 4.98 Å². The van der Waals surface area contributed by atoms with Crippen molar-refractivity contribution in [3.05, 3.63) is 246 Å². The van der Waals surface area contributed by atoms with Crippen LogP contribution in [0, 0.1) is 23.6 Å². The van der Waals surface area contributed by atoms with Gasteiger partial charge in [-0.05, 0) is 92.8 Å². The molecule has 9 aromatic rings. The molecule has 1 atom stereocenters. The van der Waals surface area contributed by atoms with Crippen LogP contribution in [0.5, 0.6) is 0 Å². The molecule has 0 aliphatic carbocycles. The molecule has 5 nitrogen and oxygen atoms in total. The maximum Gasteiger partial charge on any atom is 0.0555 e. The zero-order valence-corrected chi connectivity index (χ0v) is 43.0. The first-order valence-corrected chi connectivity index (χ1v) is 24.1. The van der Waals surface area contributed by atoms with Gasteiger partial charge in [0.2, 0.25) is 0 Å². The summed E-state index contributed by atoms with van der Waals surface area (Å²) in [7, 11) is 4.08. The molecule has 7 aromatic carbocycles. The maximum absolute atomic E-state index is 5.21. The molecule has 0 fully saturated rings. The summed E-state index contributed by atoms with van der Waals surface area (Å²) in [5.74, 6) is 0.923. The number of nitrogens with zero attached hydrogens (tertiary/aromatic N) is 5. The van der Waals surface area contributed by atoms with E-state index in [0.717, 1.165) is 71.4 Å².